The minimum absolute atomic E-state index is 0.0211. The highest BCUT2D eigenvalue weighted by Gasteiger charge is 2.27. The largest absolute Gasteiger partial charge is 0.497 e. The summed E-state index contributed by atoms with van der Waals surface area (Å²) in [6.07, 6.45) is -0.599. The van der Waals surface area contributed by atoms with Gasteiger partial charge in [0.1, 0.15) is 22.0 Å². The lowest BCUT2D eigenvalue weighted by Crippen LogP contribution is -2.44. The Morgan fingerprint density at radius 2 is 1.85 bits per heavy atom. The van der Waals surface area contributed by atoms with E-state index in [4.69, 9.17) is 14.2 Å². The second-order valence-corrected chi connectivity index (χ2v) is 8.86. The topological polar surface area (TPSA) is 94.2 Å². The second-order valence-electron chi connectivity index (χ2n) is 6.85. The first-order chi connectivity index (χ1) is 11.9. The molecule has 148 valence electrons. The summed E-state index contributed by atoms with van der Waals surface area (Å²) in [5.74, 6) is 0.673. The molecule has 0 aliphatic carbocycles. The van der Waals surface area contributed by atoms with Gasteiger partial charge in [-0.1, -0.05) is 0 Å². The van der Waals surface area contributed by atoms with Gasteiger partial charge in [0.05, 0.1) is 14.2 Å². The Balaban J connectivity index is 2.88. The molecule has 1 aromatic carbocycles. The van der Waals surface area contributed by atoms with Crippen LogP contribution in [0.4, 0.5) is 4.79 Å². The summed E-state index contributed by atoms with van der Waals surface area (Å²) in [5, 5.41) is 2.62. The van der Waals surface area contributed by atoms with Crippen molar-refractivity contribution in [1.29, 1.82) is 0 Å². The molecule has 0 heterocycles. The Morgan fingerprint density at radius 3 is 2.35 bits per heavy atom. The van der Waals surface area contributed by atoms with Crippen molar-refractivity contribution in [2.75, 3.05) is 27.8 Å². The van der Waals surface area contributed by atoms with Gasteiger partial charge >= 0.3 is 6.09 Å². The van der Waals surface area contributed by atoms with E-state index in [9.17, 15) is 13.2 Å². The van der Waals surface area contributed by atoms with Crippen LogP contribution in [-0.2, 0) is 14.8 Å². The molecule has 1 aromatic rings. The number of hydrogen-bond acceptors (Lipinski definition) is 6. The number of nitrogens with one attached hydrogen (secondary N) is 1. The number of alkyl carbamates (subject to hydrolysis) is 1. The fraction of sp³-hybridized carbons (Fsp3) is 0.588. The van der Waals surface area contributed by atoms with Gasteiger partial charge in [-0.3, -0.25) is 0 Å². The minimum Gasteiger partial charge on any atom is -0.497 e. The van der Waals surface area contributed by atoms with Crippen LogP contribution in [0.1, 0.15) is 27.7 Å². The number of sulfonamides is 1. The third kappa shape index (κ3) is 6.06. The van der Waals surface area contributed by atoms with Crippen molar-refractivity contribution in [3.8, 4) is 11.5 Å². The van der Waals surface area contributed by atoms with Crippen molar-refractivity contribution < 1.29 is 27.4 Å². The normalized spacial score (nSPS) is 13.2. The van der Waals surface area contributed by atoms with Crippen molar-refractivity contribution >= 4 is 16.1 Å². The predicted octanol–water partition coefficient (Wildman–Crippen LogP) is 2.24. The van der Waals surface area contributed by atoms with Crippen LogP contribution in [0, 0.1) is 0 Å². The van der Waals surface area contributed by atoms with Crippen LogP contribution in [0.25, 0.3) is 0 Å². The van der Waals surface area contributed by atoms with Crippen LogP contribution in [-0.4, -0.2) is 58.3 Å². The van der Waals surface area contributed by atoms with Crippen molar-refractivity contribution in [3.63, 3.8) is 0 Å². The molecular formula is C17H28N2O6S. The number of hydrogen-bond donors (Lipinski definition) is 1. The van der Waals surface area contributed by atoms with Crippen LogP contribution in [0.2, 0.25) is 0 Å². The molecule has 0 spiro atoms. The fourth-order valence-electron chi connectivity index (χ4n) is 2.19. The van der Waals surface area contributed by atoms with Crippen LogP contribution >= 0.6 is 0 Å². The highest BCUT2D eigenvalue weighted by Crippen LogP contribution is 2.30. The maximum atomic E-state index is 12.8. The molecule has 0 saturated carbocycles. The smallest absolute Gasteiger partial charge is 0.407 e. The third-order valence-electron chi connectivity index (χ3n) is 3.35. The SMILES string of the molecule is COc1ccc(S(=O)(=O)N(C)C[C@H](C)NC(=O)OC(C)(C)C)c(OC)c1. The van der Waals surface area contributed by atoms with E-state index in [-0.39, 0.29) is 17.2 Å². The Kier molecular flexibility index (Phi) is 7.28. The summed E-state index contributed by atoms with van der Waals surface area (Å²) in [5.41, 5.74) is -0.627. The highest BCUT2D eigenvalue weighted by molar-refractivity contribution is 7.89. The molecule has 9 heteroatoms. The fourth-order valence-corrected chi connectivity index (χ4v) is 3.59. The zero-order chi connectivity index (χ0) is 20.1. The van der Waals surface area contributed by atoms with Gasteiger partial charge < -0.3 is 19.5 Å². The molecule has 26 heavy (non-hydrogen) atoms. The number of carbonyl (C=O) groups is 1. The Bertz CT molecular complexity index is 727. The van der Waals surface area contributed by atoms with Crippen LogP contribution in [0.15, 0.2) is 23.1 Å². The van der Waals surface area contributed by atoms with E-state index in [0.717, 1.165) is 4.31 Å². The third-order valence-corrected chi connectivity index (χ3v) is 5.22. The standard InChI is InChI=1S/C17H28N2O6S/c1-12(18-16(20)25-17(2,3)4)11-19(5)26(21,22)15-9-8-13(23-6)10-14(15)24-7/h8-10,12H,11H2,1-7H3,(H,18,20)/t12-/m0/s1. The van der Waals surface area contributed by atoms with Gasteiger partial charge in [0, 0.05) is 25.7 Å². The van der Waals surface area contributed by atoms with E-state index >= 15 is 0 Å². The monoisotopic (exact) mass is 388 g/mol. The average Bonchev–Trinajstić information content (AvgIpc) is 2.51. The molecule has 1 amide bonds. The number of ether oxygens (including phenoxy) is 3. The first kappa shape index (κ1) is 22.0. The Morgan fingerprint density at radius 1 is 1.23 bits per heavy atom. The van der Waals surface area contributed by atoms with E-state index in [0.29, 0.717) is 5.75 Å². The minimum atomic E-state index is -3.81. The summed E-state index contributed by atoms with van der Waals surface area (Å²) in [4.78, 5) is 11.8. The molecular weight excluding hydrogens is 360 g/mol. The van der Waals surface area contributed by atoms with Crippen LogP contribution in [0.3, 0.4) is 0 Å². The molecule has 0 unspecified atom stereocenters. The molecule has 1 atom stereocenters. The molecule has 1 rings (SSSR count). The van der Waals surface area contributed by atoms with E-state index in [1.807, 2.05) is 0 Å². The van der Waals surface area contributed by atoms with Gasteiger partial charge in [0.2, 0.25) is 10.0 Å². The van der Waals surface area contributed by atoms with Crippen molar-refractivity contribution in [2.24, 2.45) is 0 Å². The van der Waals surface area contributed by atoms with Crippen molar-refractivity contribution in [2.45, 2.75) is 44.2 Å². The second kappa shape index (κ2) is 8.59. The highest BCUT2D eigenvalue weighted by atomic mass is 32.2. The molecule has 0 bridgehead atoms. The molecule has 0 fully saturated rings. The maximum absolute atomic E-state index is 12.8. The van der Waals surface area contributed by atoms with E-state index < -0.39 is 27.8 Å². The average molecular weight is 388 g/mol. The summed E-state index contributed by atoms with van der Waals surface area (Å²) < 4.78 is 42.2. The summed E-state index contributed by atoms with van der Waals surface area (Å²) in [6, 6.07) is 4.03. The Hall–Kier alpha value is -2.00. The number of rotatable bonds is 7. The van der Waals surface area contributed by atoms with Gasteiger partial charge in [0.25, 0.3) is 0 Å². The summed E-state index contributed by atoms with van der Waals surface area (Å²) in [6.45, 7) is 7.02. The quantitative estimate of drug-likeness (QED) is 0.770. The lowest BCUT2D eigenvalue weighted by Gasteiger charge is -2.25. The predicted molar refractivity (Wildman–Crippen MR) is 98.2 cm³/mol. The number of nitrogens with zero attached hydrogens (tertiary/aromatic N) is 1. The first-order valence-electron chi connectivity index (χ1n) is 8.08. The zero-order valence-electron chi connectivity index (χ0n) is 16.3. The van der Waals surface area contributed by atoms with Crippen molar-refractivity contribution in [3.05, 3.63) is 18.2 Å². The number of likely N-dealkylation sites (N-methyl/N-ethyl adjacent to an activating group) is 1. The molecule has 0 aliphatic rings. The van der Waals surface area contributed by atoms with Crippen LogP contribution in [0.5, 0.6) is 11.5 Å². The number of methoxy groups -OCH3 is 2. The molecule has 1 N–H and O–H groups in total. The summed E-state index contributed by atoms with van der Waals surface area (Å²) in [7, 11) is 0.499. The van der Waals surface area contributed by atoms with Gasteiger partial charge in [-0.15, -0.1) is 0 Å². The van der Waals surface area contributed by atoms with E-state index in [2.05, 4.69) is 5.32 Å². The summed E-state index contributed by atoms with van der Waals surface area (Å²) >= 11 is 0. The van der Waals surface area contributed by atoms with E-state index in [1.165, 1.54) is 33.4 Å². The first-order valence-corrected chi connectivity index (χ1v) is 9.52. The number of carbonyl (C=O) groups excluding carboxylic acids is 1. The molecule has 0 saturated heterocycles. The molecule has 8 nitrogen and oxygen atoms in total. The molecule has 0 radical (unpaired) electrons. The van der Waals surface area contributed by atoms with Crippen LogP contribution < -0.4 is 14.8 Å². The maximum Gasteiger partial charge on any atom is 0.407 e. The van der Waals surface area contributed by atoms with E-state index in [1.54, 1.807) is 33.8 Å². The van der Waals surface area contributed by atoms with Gasteiger partial charge in [-0.2, -0.15) is 4.31 Å². The van der Waals surface area contributed by atoms with Gasteiger partial charge in [-0.05, 0) is 39.8 Å². The number of amides is 1. The van der Waals surface area contributed by atoms with Gasteiger partial charge in [0.15, 0.2) is 0 Å². The van der Waals surface area contributed by atoms with Gasteiger partial charge in [-0.25, -0.2) is 13.2 Å². The number of benzene rings is 1. The lowest BCUT2D eigenvalue weighted by atomic mass is 10.2. The molecule has 0 aliphatic heterocycles. The zero-order valence-corrected chi connectivity index (χ0v) is 17.1. The lowest BCUT2D eigenvalue weighted by molar-refractivity contribution is 0.0504. The molecule has 0 aromatic heterocycles. The Labute approximate surface area is 155 Å². The van der Waals surface area contributed by atoms with Crippen molar-refractivity contribution in [1.82, 2.24) is 9.62 Å².